The summed E-state index contributed by atoms with van der Waals surface area (Å²) in [7, 11) is -3.05. The normalized spacial score (nSPS) is 21.6. The molecule has 1 rings (SSSR count). The van der Waals surface area contributed by atoms with Crippen LogP contribution in [0.5, 0.6) is 0 Å². The number of hydrogen-bond acceptors (Lipinski definition) is 4. The van der Waals surface area contributed by atoms with Crippen molar-refractivity contribution in [3.05, 3.63) is 0 Å². The Hall–Kier alpha value is -0.170. The average molecular weight is 249 g/mol. The molecule has 0 saturated carbocycles. The Morgan fingerprint density at radius 3 is 2.81 bits per heavy atom. The monoisotopic (exact) mass is 249 g/mol. The molecule has 0 spiro atoms. The van der Waals surface area contributed by atoms with Gasteiger partial charge in [-0.05, 0) is 33.4 Å². The van der Waals surface area contributed by atoms with Gasteiger partial charge in [0.15, 0.2) is 0 Å². The SMILES string of the molecule is CCS(=O)(=O)NCC(C)N1CCCNCC1. The summed E-state index contributed by atoms with van der Waals surface area (Å²) < 4.78 is 25.3. The zero-order valence-corrected chi connectivity index (χ0v) is 11.0. The van der Waals surface area contributed by atoms with Gasteiger partial charge in [0.25, 0.3) is 0 Å². The fraction of sp³-hybridized carbons (Fsp3) is 1.00. The van der Waals surface area contributed by atoms with Gasteiger partial charge in [-0.1, -0.05) is 0 Å². The predicted molar refractivity (Wildman–Crippen MR) is 66.0 cm³/mol. The second kappa shape index (κ2) is 6.54. The van der Waals surface area contributed by atoms with Gasteiger partial charge in [0.05, 0.1) is 5.75 Å². The van der Waals surface area contributed by atoms with E-state index < -0.39 is 10.0 Å². The molecule has 16 heavy (non-hydrogen) atoms. The largest absolute Gasteiger partial charge is 0.315 e. The van der Waals surface area contributed by atoms with Crippen LogP contribution in [0.15, 0.2) is 0 Å². The summed E-state index contributed by atoms with van der Waals surface area (Å²) in [6.45, 7) is 8.33. The lowest BCUT2D eigenvalue weighted by atomic mass is 10.2. The van der Waals surface area contributed by atoms with Crippen LogP contribution in [-0.2, 0) is 10.0 Å². The Labute approximate surface area is 98.6 Å². The van der Waals surface area contributed by atoms with Crippen molar-refractivity contribution in [1.82, 2.24) is 14.9 Å². The molecule has 1 saturated heterocycles. The summed E-state index contributed by atoms with van der Waals surface area (Å²) in [6, 6.07) is 0.265. The van der Waals surface area contributed by atoms with Crippen LogP contribution in [-0.4, -0.2) is 57.8 Å². The van der Waals surface area contributed by atoms with E-state index in [1.165, 1.54) is 0 Å². The highest BCUT2D eigenvalue weighted by atomic mass is 32.2. The highest BCUT2D eigenvalue weighted by Crippen LogP contribution is 2.02. The van der Waals surface area contributed by atoms with Gasteiger partial charge in [-0.3, -0.25) is 4.90 Å². The van der Waals surface area contributed by atoms with E-state index in [2.05, 4.69) is 21.9 Å². The maximum absolute atomic E-state index is 11.3. The highest BCUT2D eigenvalue weighted by molar-refractivity contribution is 7.89. The number of nitrogens with zero attached hydrogens (tertiary/aromatic N) is 1. The third-order valence-electron chi connectivity index (χ3n) is 2.98. The maximum atomic E-state index is 11.3. The van der Waals surface area contributed by atoms with E-state index in [9.17, 15) is 8.42 Å². The Balaban J connectivity index is 2.36. The maximum Gasteiger partial charge on any atom is 0.211 e. The first-order valence-electron chi connectivity index (χ1n) is 5.97. The van der Waals surface area contributed by atoms with E-state index in [4.69, 9.17) is 0 Å². The predicted octanol–water partition coefficient (Wildman–Crippen LogP) is -0.390. The second-order valence-electron chi connectivity index (χ2n) is 4.24. The van der Waals surface area contributed by atoms with Crippen LogP contribution in [0.3, 0.4) is 0 Å². The molecule has 0 aromatic carbocycles. The van der Waals surface area contributed by atoms with Crippen molar-refractivity contribution in [3.8, 4) is 0 Å². The zero-order valence-electron chi connectivity index (χ0n) is 10.2. The van der Waals surface area contributed by atoms with Crippen molar-refractivity contribution in [1.29, 1.82) is 0 Å². The first-order valence-corrected chi connectivity index (χ1v) is 7.62. The molecular weight excluding hydrogens is 226 g/mol. The van der Waals surface area contributed by atoms with Crippen molar-refractivity contribution in [2.75, 3.05) is 38.5 Å². The topological polar surface area (TPSA) is 61.4 Å². The van der Waals surface area contributed by atoms with E-state index in [-0.39, 0.29) is 11.8 Å². The quantitative estimate of drug-likeness (QED) is 0.696. The molecule has 0 radical (unpaired) electrons. The molecule has 1 fully saturated rings. The van der Waals surface area contributed by atoms with Gasteiger partial charge in [0.2, 0.25) is 10.0 Å². The third-order valence-corrected chi connectivity index (χ3v) is 4.34. The van der Waals surface area contributed by atoms with E-state index >= 15 is 0 Å². The molecular formula is C10H23N3O2S. The molecule has 0 bridgehead atoms. The van der Waals surface area contributed by atoms with Gasteiger partial charge in [-0.25, -0.2) is 13.1 Å². The molecule has 5 nitrogen and oxygen atoms in total. The van der Waals surface area contributed by atoms with E-state index in [0.717, 1.165) is 32.6 Å². The van der Waals surface area contributed by atoms with Gasteiger partial charge >= 0.3 is 0 Å². The van der Waals surface area contributed by atoms with Crippen molar-refractivity contribution in [3.63, 3.8) is 0 Å². The van der Waals surface area contributed by atoms with Gasteiger partial charge in [0, 0.05) is 25.7 Å². The lowest BCUT2D eigenvalue weighted by Crippen LogP contribution is -2.43. The summed E-state index contributed by atoms with van der Waals surface area (Å²) in [5, 5.41) is 3.34. The Morgan fingerprint density at radius 1 is 1.38 bits per heavy atom. The number of sulfonamides is 1. The lowest BCUT2D eigenvalue weighted by Gasteiger charge is -2.27. The Morgan fingerprint density at radius 2 is 2.12 bits per heavy atom. The van der Waals surface area contributed by atoms with Crippen molar-refractivity contribution in [2.24, 2.45) is 0 Å². The molecule has 1 aliphatic heterocycles. The van der Waals surface area contributed by atoms with Crippen LogP contribution in [0.1, 0.15) is 20.3 Å². The van der Waals surface area contributed by atoms with E-state index in [0.29, 0.717) is 6.54 Å². The number of rotatable bonds is 5. The van der Waals surface area contributed by atoms with Gasteiger partial charge in [-0.2, -0.15) is 0 Å². The minimum absolute atomic E-state index is 0.154. The van der Waals surface area contributed by atoms with Crippen LogP contribution in [0, 0.1) is 0 Å². The highest BCUT2D eigenvalue weighted by Gasteiger charge is 2.17. The molecule has 0 aliphatic carbocycles. The Kier molecular flexibility index (Phi) is 5.68. The minimum atomic E-state index is -3.05. The van der Waals surface area contributed by atoms with Crippen LogP contribution in [0.2, 0.25) is 0 Å². The van der Waals surface area contributed by atoms with Gasteiger partial charge in [-0.15, -0.1) is 0 Å². The molecule has 1 aliphatic rings. The fourth-order valence-corrected chi connectivity index (χ4v) is 2.49. The minimum Gasteiger partial charge on any atom is -0.315 e. The lowest BCUT2D eigenvalue weighted by molar-refractivity contribution is 0.224. The molecule has 0 amide bonds. The number of nitrogens with one attached hydrogen (secondary N) is 2. The Bertz CT molecular complexity index is 284. The molecule has 0 aromatic rings. The molecule has 1 heterocycles. The molecule has 6 heteroatoms. The van der Waals surface area contributed by atoms with Gasteiger partial charge in [0.1, 0.15) is 0 Å². The zero-order chi connectivity index (χ0) is 12.0. The summed E-state index contributed by atoms with van der Waals surface area (Å²) in [4.78, 5) is 2.33. The third kappa shape index (κ3) is 4.78. The molecule has 1 atom stereocenters. The first kappa shape index (κ1) is 13.9. The van der Waals surface area contributed by atoms with Crippen LogP contribution < -0.4 is 10.0 Å². The summed E-state index contributed by atoms with van der Waals surface area (Å²) in [5.41, 5.74) is 0. The van der Waals surface area contributed by atoms with E-state index in [1.807, 2.05) is 0 Å². The second-order valence-corrected chi connectivity index (χ2v) is 6.34. The first-order chi connectivity index (χ1) is 7.55. The molecule has 2 N–H and O–H groups in total. The standard InChI is InChI=1S/C10H23N3O2S/c1-3-16(14,15)12-9-10(2)13-7-4-5-11-6-8-13/h10-12H,3-9H2,1-2H3. The van der Waals surface area contributed by atoms with Crippen molar-refractivity contribution < 1.29 is 8.42 Å². The molecule has 1 unspecified atom stereocenters. The smallest absolute Gasteiger partial charge is 0.211 e. The van der Waals surface area contributed by atoms with Crippen LogP contribution in [0.4, 0.5) is 0 Å². The summed E-state index contributed by atoms with van der Waals surface area (Å²) >= 11 is 0. The van der Waals surface area contributed by atoms with Crippen molar-refractivity contribution in [2.45, 2.75) is 26.3 Å². The summed E-state index contributed by atoms with van der Waals surface area (Å²) in [6.07, 6.45) is 1.13. The summed E-state index contributed by atoms with van der Waals surface area (Å²) in [5.74, 6) is 0.154. The molecule has 96 valence electrons. The molecule has 0 aromatic heterocycles. The number of hydrogen-bond donors (Lipinski definition) is 2. The van der Waals surface area contributed by atoms with Crippen molar-refractivity contribution >= 4 is 10.0 Å². The average Bonchev–Trinajstić information content (AvgIpc) is 2.54. The fourth-order valence-electron chi connectivity index (χ4n) is 1.79. The van der Waals surface area contributed by atoms with Crippen LogP contribution in [0.25, 0.3) is 0 Å². The van der Waals surface area contributed by atoms with E-state index in [1.54, 1.807) is 6.92 Å². The van der Waals surface area contributed by atoms with Gasteiger partial charge < -0.3 is 5.32 Å². The van der Waals surface area contributed by atoms with Crippen LogP contribution >= 0.6 is 0 Å².